The molecule has 1 aromatic rings. The fourth-order valence-electron chi connectivity index (χ4n) is 1.48. The van der Waals surface area contributed by atoms with Crippen LogP contribution in [0.4, 0.5) is 0 Å². The quantitative estimate of drug-likeness (QED) is 0.644. The number of nitrogens with one attached hydrogen (secondary N) is 1. The minimum absolute atomic E-state index is 0.0341. The predicted molar refractivity (Wildman–Crippen MR) is 67.6 cm³/mol. The lowest BCUT2D eigenvalue weighted by atomic mass is 10.2. The number of hydrogen-bond acceptors (Lipinski definition) is 4. The van der Waals surface area contributed by atoms with Crippen molar-refractivity contribution >= 4 is 5.97 Å². The molecule has 1 atom stereocenters. The molecule has 0 spiro atoms. The number of carbonyl (C=O) groups is 1. The molecule has 3 N–H and O–H groups in total. The molecule has 18 heavy (non-hydrogen) atoms. The lowest BCUT2D eigenvalue weighted by Gasteiger charge is -2.16. The molecule has 0 heterocycles. The number of aliphatic hydroxyl groups is 1. The van der Waals surface area contributed by atoms with Gasteiger partial charge in [0.1, 0.15) is 18.4 Å². The molecule has 0 fully saturated rings. The van der Waals surface area contributed by atoms with Crippen molar-refractivity contribution in [3.8, 4) is 5.75 Å². The predicted octanol–water partition coefficient (Wildman–Crippen LogP) is 1.01. The monoisotopic (exact) mass is 253 g/mol. The lowest BCUT2D eigenvalue weighted by Crippen LogP contribution is -2.41. The molecule has 5 nitrogen and oxygen atoms in total. The van der Waals surface area contributed by atoms with E-state index in [1.165, 1.54) is 0 Å². The standard InChI is InChI=1S/C13H19NO4/c1-2-7-14-11(13(16)17)9-18-12-6-4-3-5-10(12)8-15/h3-6,11,14-15H,2,7-9H2,1H3,(H,16,17). The minimum atomic E-state index is -0.940. The second kappa shape index (κ2) is 7.68. The molecule has 1 aromatic carbocycles. The molecule has 0 bridgehead atoms. The van der Waals surface area contributed by atoms with E-state index in [-0.39, 0.29) is 13.2 Å². The first kappa shape index (κ1) is 14.5. The Morgan fingerprint density at radius 1 is 1.44 bits per heavy atom. The van der Waals surface area contributed by atoms with Crippen molar-refractivity contribution in [1.29, 1.82) is 0 Å². The minimum Gasteiger partial charge on any atom is -0.491 e. The number of carboxylic acids is 1. The van der Waals surface area contributed by atoms with E-state index in [2.05, 4.69) is 5.32 Å². The van der Waals surface area contributed by atoms with Gasteiger partial charge in [-0.25, -0.2) is 0 Å². The van der Waals surface area contributed by atoms with Crippen LogP contribution in [0.1, 0.15) is 18.9 Å². The molecule has 0 aromatic heterocycles. The zero-order valence-corrected chi connectivity index (χ0v) is 10.4. The molecule has 100 valence electrons. The Bertz CT molecular complexity index is 381. The maximum absolute atomic E-state index is 11.0. The van der Waals surface area contributed by atoms with Crippen LogP contribution in [0.5, 0.6) is 5.75 Å². The third-order valence-corrected chi connectivity index (χ3v) is 2.49. The first-order valence-corrected chi connectivity index (χ1v) is 5.96. The summed E-state index contributed by atoms with van der Waals surface area (Å²) in [6.07, 6.45) is 0.858. The molecular formula is C13H19NO4. The largest absolute Gasteiger partial charge is 0.491 e. The van der Waals surface area contributed by atoms with Crippen molar-refractivity contribution in [3.63, 3.8) is 0 Å². The Morgan fingerprint density at radius 3 is 2.78 bits per heavy atom. The van der Waals surface area contributed by atoms with Gasteiger partial charge in [0.05, 0.1) is 6.61 Å². The van der Waals surface area contributed by atoms with Gasteiger partial charge in [-0.1, -0.05) is 25.1 Å². The van der Waals surface area contributed by atoms with Gasteiger partial charge < -0.3 is 20.3 Å². The zero-order chi connectivity index (χ0) is 13.4. The van der Waals surface area contributed by atoms with Gasteiger partial charge in [-0.05, 0) is 19.0 Å². The lowest BCUT2D eigenvalue weighted by molar-refractivity contribution is -0.140. The summed E-state index contributed by atoms with van der Waals surface area (Å²) in [6, 6.07) is 6.29. The Balaban J connectivity index is 2.58. The van der Waals surface area contributed by atoms with Crippen LogP contribution in [0.15, 0.2) is 24.3 Å². The molecule has 1 unspecified atom stereocenters. The molecule has 0 amide bonds. The number of ether oxygens (including phenoxy) is 1. The van der Waals surface area contributed by atoms with Gasteiger partial charge in [0.2, 0.25) is 0 Å². The number of carboxylic acid groups (broad SMARTS) is 1. The highest BCUT2D eigenvalue weighted by molar-refractivity contribution is 5.73. The fourth-order valence-corrected chi connectivity index (χ4v) is 1.48. The smallest absolute Gasteiger partial charge is 0.324 e. The topological polar surface area (TPSA) is 78.8 Å². The fraction of sp³-hybridized carbons (Fsp3) is 0.462. The van der Waals surface area contributed by atoms with Crippen molar-refractivity contribution in [3.05, 3.63) is 29.8 Å². The Kier molecular flexibility index (Phi) is 6.18. The van der Waals surface area contributed by atoms with Gasteiger partial charge in [-0.15, -0.1) is 0 Å². The van der Waals surface area contributed by atoms with Gasteiger partial charge in [-0.2, -0.15) is 0 Å². The molecule has 1 rings (SSSR count). The number of rotatable bonds is 8. The maximum atomic E-state index is 11.0. The van der Waals surface area contributed by atoms with Crippen LogP contribution in [0, 0.1) is 0 Å². The second-order valence-corrected chi connectivity index (χ2v) is 3.92. The average Bonchev–Trinajstić information content (AvgIpc) is 2.38. The summed E-state index contributed by atoms with van der Waals surface area (Å²) >= 11 is 0. The van der Waals surface area contributed by atoms with Gasteiger partial charge in [0.25, 0.3) is 0 Å². The first-order valence-electron chi connectivity index (χ1n) is 5.96. The second-order valence-electron chi connectivity index (χ2n) is 3.92. The Labute approximate surface area is 106 Å². The molecule has 0 aliphatic heterocycles. The molecule has 0 saturated heterocycles. The summed E-state index contributed by atoms with van der Waals surface area (Å²) in [5, 5.41) is 21.0. The number of benzene rings is 1. The molecular weight excluding hydrogens is 234 g/mol. The summed E-state index contributed by atoms with van der Waals surface area (Å²) in [7, 11) is 0. The summed E-state index contributed by atoms with van der Waals surface area (Å²) < 4.78 is 5.45. The van der Waals surface area contributed by atoms with E-state index < -0.39 is 12.0 Å². The molecule has 0 saturated carbocycles. The SMILES string of the molecule is CCCNC(COc1ccccc1CO)C(=O)O. The first-order chi connectivity index (χ1) is 8.69. The van der Waals surface area contributed by atoms with Gasteiger partial charge in [-0.3, -0.25) is 4.79 Å². The van der Waals surface area contributed by atoms with Crippen LogP contribution in [0.3, 0.4) is 0 Å². The van der Waals surface area contributed by atoms with Crippen molar-refractivity contribution in [2.75, 3.05) is 13.2 Å². The molecule has 5 heteroatoms. The van der Waals surface area contributed by atoms with Crippen LogP contribution >= 0.6 is 0 Å². The van der Waals surface area contributed by atoms with Gasteiger partial charge in [0, 0.05) is 5.56 Å². The van der Waals surface area contributed by atoms with Gasteiger partial charge >= 0.3 is 5.97 Å². The number of aliphatic hydroxyl groups excluding tert-OH is 1. The van der Waals surface area contributed by atoms with E-state index in [4.69, 9.17) is 14.9 Å². The maximum Gasteiger partial charge on any atom is 0.324 e. The Hall–Kier alpha value is -1.59. The average molecular weight is 253 g/mol. The zero-order valence-electron chi connectivity index (χ0n) is 10.4. The summed E-state index contributed by atoms with van der Waals surface area (Å²) in [5.41, 5.74) is 0.650. The van der Waals surface area contributed by atoms with Crippen molar-refractivity contribution in [2.24, 2.45) is 0 Å². The van der Waals surface area contributed by atoms with E-state index in [9.17, 15) is 4.79 Å². The van der Waals surface area contributed by atoms with Crippen molar-refractivity contribution in [2.45, 2.75) is 26.0 Å². The summed E-state index contributed by atoms with van der Waals surface area (Å²) in [4.78, 5) is 11.0. The van der Waals surface area contributed by atoms with E-state index in [1.807, 2.05) is 6.92 Å². The molecule has 0 aliphatic carbocycles. The normalized spacial score (nSPS) is 12.1. The molecule has 0 aliphatic rings. The van der Waals surface area contributed by atoms with Crippen molar-refractivity contribution < 1.29 is 19.7 Å². The van der Waals surface area contributed by atoms with E-state index in [0.29, 0.717) is 17.9 Å². The van der Waals surface area contributed by atoms with Crippen LogP contribution in [-0.2, 0) is 11.4 Å². The number of hydrogen-bond donors (Lipinski definition) is 3. The van der Waals surface area contributed by atoms with Crippen LogP contribution in [0.2, 0.25) is 0 Å². The molecule has 0 radical (unpaired) electrons. The highest BCUT2D eigenvalue weighted by atomic mass is 16.5. The highest BCUT2D eigenvalue weighted by Gasteiger charge is 2.17. The van der Waals surface area contributed by atoms with E-state index in [0.717, 1.165) is 6.42 Å². The highest BCUT2D eigenvalue weighted by Crippen LogP contribution is 2.17. The van der Waals surface area contributed by atoms with Crippen LogP contribution in [-0.4, -0.2) is 35.4 Å². The third-order valence-electron chi connectivity index (χ3n) is 2.49. The number of aliphatic carboxylic acids is 1. The van der Waals surface area contributed by atoms with Crippen molar-refractivity contribution in [1.82, 2.24) is 5.32 Å². The van der Waals surface area contributed by atoms with Crippen LogP contribution in [0.25, 0.3) is 0 Å². The Morgan fingerprint density at radius 2 is 2.17 bits per heavy atom. The third kappa shape index (κ3) is 4.35. The van der Waals surface area contributed by atoms with E-state index >= 15 is 0 Å². The van der Waals surface area contributed by atoms with E-state index in [1.54, 1.807) is 24.3 Å². The van der Waals surface area contributed by atoms with Crippen LogP contribution < -0.4 is 10.1 Å². The number of para-hydroxylation sites is 1. The summed E-state index contributed by atoms with van der Waals surface area (Å²) in [6.45, 7) is 2.50. The van der Waals surface area contributed by atoms with Gasteiger partial charge in [0.15, 0.2) is 0 Å². The summed E-state index contributed by atoms with van der Waals surface area (Å²) in [5.74, 6) is -0.422.